The van der Waals surface area contributed by atoms with Crippen LogP contribution in [0.15, 0.2) is 218 Å². The van der Waals surface area contributed by atoms with E-state index in [2.05, 4.69) is 130 Å². The van der Waals surface area contributed by atoms with Gasteiger partial charge in [0.1, 0.15) is 0 Å². The van der Waals surface area contributed by atoms with Crippen LogP contribution < -0.4 is 0 Å². The van der Waals surface area contributed by atoms with E-state index in [1.54, 1.807) is 0 Å². The first-order valence-corrected chi connectivity index (χ1v) is 25.9. The van der Waals surface area contributed by atoms with Crippen LogP contribution in [0.2, 0.25) is 0 Å². The Labute approximate surface area is 442 Å². The van der Waals surface area contributed by atoms with Crippen molar-refractivity contribution in [1.29, 1.82) is 0 Å². The number of hydrogen-bond acceptors (Lipinski definition) is 3. The van der Waals surface area contributed by atoms with E-state index < -0.39 is 0 Å². The second-order valence-corrected chi connectivity index (χ2v) is 20.3. The number of ketones is 3. The molecule has 0 bridgehead atoms. The van der Waals surface area contributed by atoms with E-state index >= 15 is 0 Å². The lowest BCUT2D eigenvalue weighted by atomic mass is 9.91. The van der Waals surface area contributed by atoms with Gasteiger partial charge in [-0.1, -0.05) is 200 Å². The van der Waals surface area contributed by atoms with Crippen molar-refractivity contribution in [2.75, 3.05) is 0 Å². The van der Waals surface area contributed by atoms with Crippen molar-refractivity contribution in [3.8, 4) is 33.4 Å². The van der Waals surface area contributed by atoms with Gasteiger partial charge in [-0.15, -0.1) is 0 Å². The van der Waals surface area contributed by atoms with Gasteiger partial charge < -0.3 is 0 Å². The topological polar surface area (TPSA) is 51.2 Å². The lowest BCUT2D eigenvalue weighted by molar-refractivity contribution is 0.103. The third-order valence-electron chi connectivity index (χ3n) is 14.8. The predicted molar refractivity (Wildman–Crippen MR) is 309 cm³/mol. The monoisotopic (exact) mass is 972 g/mol. The Bertz CT molecular complexity index is 3370. The molecule has 75 heavy (non-hydrogen) atoms. The van der Waals surface area contributed by atoms with E-state index in [1.807, 2.05) is 130 Å². The minimum absolute atomic E-state index is 0.0458. The quantitative estimate of drug-likeness (QED) is 0.0962. The molecule has 0 aliphatic rings. The lowest BCUT2D eigenvalue weighted by Crippen LogP contribution is -2.04. The van der Waals surface area contributed by atoms with Crippen LogP contribution in [0.4, 0.5) is 0 Å². The number of hydrogen-bond donors (Lipinski definition) is 0. The standard InChI is InChI=1S/C72H60O3/c1-46-13-7-10-16-67(46)70(73)61-31-34-64(49(4)37-61)58-25-19-52(20-26-58)40-55-43-56(41-53-21-27-59(28-22-53)65-35-32-62(38-50(65)5)71(74)68-17-11-8-14-47(68)2)45-57(44-55)42-54-23-29-60(30-24-54)66-36-33-63(39-51(66)6)72(75)69-18-12-9-15-48(69)3/h7-39,43-45H,40-42H2,1-6H3. The summed E-state index contributed by atoms with van der Waals surface area (Å²) in [6.45, 7) is 12.2. The van der Waals surface area contributed by atoms with Gasteiger partial charge in [0.05, 0.1) is 0 Å². The van der Waals surface area contributed by atoms with Gasteiger partial charge >= 0.3 is 0 Å². The van der Waals surface area contributed by atoms with Crippen LogP contribution in [0.1, 0.15) is 115 Å². The van der Waals surface area contributed by atoms with E-state index in [-0.39, 0.29) is 17.3 Å². The predicted octanol–water partition coefficient (Wildman–Crippen LogP) is 17.0. The Morgan fingerprint density at radius 1 is 0.253 bits per heavy atom. The molecule has 0 aliphatic heterocycles. The van der Waals surface area contributed by atoms with Crippen LogP contribution in [0.3, 0.4) is 0 Å². The zero-order valence-electron chi connectivity index (χ0n) is 43.6. The van der Waals surface area contributed by atoms with Crippen LogP contribution in [0.25, 0.3) is 33.4 Å². The highest BCUT2D eigenvalue weighted by Crippen LogP contribution is 2.31. The number of benzene rings is 10. The van der Waals surface area contributed by atoms with Crippen molar-refractivity contribution in [3.63, 3.8) is 0 Å². The molecule has 0 spiro atoms. The Balaban J connectivity index is 0.892. The van der Waals surface area contributed by atoms with Crippen LogP contribution in [-0.2, 0) is 19.3 Å². The molecule has 10 rings (SSSR count). The molecule has 3 nitrogen and oxygen atoms in total. The van der Waals surface area contributed by atoms with Crippen LogP contribution in [-0.4, -0.2) is 17.3 Å². The molecule has 0 radical (unpaired) electrons. The average molecular weight is 973 g/mol. The first-order valence-electron chi connectivity index (χ1n) is 25.9. The van der Waals surface area contributed by atoms with Crippen LogP contribution >= 0.6 is 0 Å². The molecule has 0 N–H and O–H groups in total. The van der Waals surface area contributed by atoms with Gasteiger partial charge in [0.15, 0.2) is 17.3 Å². The molecular weight excluding hydrogens is 913 g/mol. The minimum atomic E-state index is 0.0458. The normalized spacial score (nSPS) is 11.1. The molecule has 10 aromatic rings. The maximum absolute atomic E-state index is 13.4. The van der Waals surface area contributed by atoms with Gasteiger partial charge in [-0.05, 0) is 179 Å². The lowest BCUT2D eigenvalue weighted by Gasteiger charge is -2.14. The fourth-order valence-electron chi connectivity index (χ4n) is 10.6. The van der Waals surface area contributed by atoms with Crippen molar-refractivity contribution >= 4 is 17.3 Å². The molecule has 0 saturated carbocycles. The van der Waals surface area contributed by atoms with E-state index in [9.17, 15) is 14.4 Å². The average Bonchev–Trinajstić information content (AvgIpc) is 3.41. The molecule has 0 amide bonds. The van der Waals surface area contributed by atoms with E-state index in [0.717, 1.165) is 103 Å². The minimum Gasteiger partial charge on any atom is -0.289 e. The molecule has 0 aromatic heterocycles. The first kappa shape index (κ1) is 49.8. The number of carbonyl (C=O) groups excluding carboxylic acids is 3. The fourth-order valence-corrected chi connectivity index (χ4v) is 10.6. The third kappa shape index (κ3) is 11.1. The largest absolute Gasteiger partial charge is 0.289 e. The van der Waals surface area contributed by atoms with Gasteiger partial charge in [-0.25, -0.2) is 0 Å². The highest BCUT2D eigenvalue weighted by atomic mass is 16.1. The Morgan fingerprint density at radius 3 is 0.747 bits per heavy atom. The molecule has 0 fully saturated rings. The SMILES string of the molecule is Cc1ccccc1C(=O)c1ccc(-c2ccc(Cc3cc(Cc4ccc(-c5ccc(C(=O)c6ccccc6C)cc5C)cc4)cc(Cc4ccc(-c5ccc(C(=O)c6ccccc6C)cc5C)cc4)c3)cc2)c(C)c1. The van der Waals surface area contributed by atoms with Crippen LogP contribution in [0.5, 0.6) is 0 Å². The molecule has 366 valence electrons. The van der Waals surface area contributed by atoms with Gasteiger partial charge in [0, 0.05) is 33.4 Å². The zero-order valence-corrected chi connectivity index (χ0v) is 43.6. The summed E-state index contributed by atoms with van der Waals surface area (Å²) in [6, 6.07) is 75.0. The molecule has 0 heterocycles. The van der Waals surface area contributed by atoms with E-state index in [1.165, 1.54) is 33.4 Å². The highest BCUT2D eigenvalue weighted by Gasteiger charge is 2.17. The summed E-state index contributed by atoms with van der Waals surface area (Å²) in [5.74, 6) is 0.137. The van der Waals surface area contributed by atoms with Gasteiger partial charge in [0.2, 0.25) is 0 Å². The van der Waals surface area contributed by atoms with Gasteiger partial charge in [-0.3, -0.25) is 14.4 Å². The number of aryl methyl sites for hydroxylation is 6. The third-order valence-corrected chi connectivity index (χ3v) is 14.8. The zero-order chi connectivity index (χ0) is 52.2. The van der Waals surface area contributed by atoms with Crippen molar-refractivity contribution in [1.82, 2.24) is 0 Å². The van der Waals surface area contributed by atoms with Gasteiger partial charge in [0.25, 0.3) is 0 Å². The Kier molecular flexibility index (Phi) is 14.4. The van der Waals surface area contributed by atoms with Crippen LogP contribution in [0, 0.1) is 41.5 Å². The summed E-state index contributed by atoms with van der Waals surface area (Å²) in [6.07, 6.45) is 2.35. The molecule has 0 aliphatic carbocycles. The summed E-state index contributed by atoms with van der Waals surface area (Å²) in [5, 5.41) is 0. The first-order chi connectivity index (χ1) is 36.3. The van der Waals surface area contributed by atoms with E-state index in [4.69, 9.17) is 0 Å². The molecular formula is C72H60O3. The number of rotatable bonds is 15. The summed E-state index contributed by atoms with van der Waals surface area (Å²) in [7, 11) is 0. The smallest absolute Gasteiger partial charge is 0.193 e. The second-order valence-electron chi connectivity index (χ2n) is 20.3. The summed E-state index contributed by atoms with van der Waals surface area (Å²) in [4.78, 5) is 40.2. The summed E-state index contributed by atoms with van der Waals surface area (Å²) in [5.41, 5.74) is 24.6. The summed E-state index contributed by atoms with van der Waals surface area (Å²) < 4.78 is 0. The van der Waals surface area contributed by atoms with E-state index in [0.29, 0.717) is 16.7 Å². The maximum Gasteiger partial charge on any atom is 0.193 e. The van der Waals surface area contributed by atoms with Crippen molar-refractivity contribution in [3.05, 3.63) is 319 Å². The Hall–Kier alpha value is -8.79. The molecule has 3 heteroatoms. The molecule has 0 saturated heterocycles. The fraction of sp³-hybridized carbons (Fsp3) is 0.125. The van der Waals surface area contributed by atoms with Gasteiger partial charge in [-0.2, -0.15) is 0 Å². The summed E-state index contributed by atoms with van der Waals surface area (Å²) >= 11 is 0. The second kappa shape index (κ2) is 21.7. The molecule has 0 atom stereocenters. The van der Waals surface area contributed by atoms with Crippen molar-refractivity contribution in [2.24, 2.45) is 0 Å². The van der Waals surface area contributed by atoms with Crippen molar-refractivity contribution < 1.29 is 14.4 Å². The highest BCUT2D eigenvalue weighted by molar-refractivity contribution is 6.11. The molecule has 10 aromatic carbocycles. The van der Waals surface area contributed by atoms with Crippen molar-refractivity contribution in [2.45, 2.75) is 60.8 Å². The number of carbonyl (C=O) groups is 3. The molecule has 0 unspecified atom stereocenters. The Morgan fingerprint density at radius 2 is 0.507 bits per heavy atom. The maximum atomic E-state index is 13.4.